The smallest absolute Gasteiger partial charge is 0.102 e. The fourth-order valence-electron chi connectivity index (χ4n) is 1.27. The molecule has 0 saturated carbocycles. The number of nitrogens with zero attached hydrogens (tertiary/aromatic N) is 2. The molecule has 0 atom stereocenters. The Morgan fingerprint density at radius 1 is 1.20 bits per heavy atom. The first-order chi connectivity index (χ1) is 7.13. The molecule has 74 valence electrons. The Kier molecular flexibility index (Phi) is 2.70. The number of hydrogen-bond donors (Lipinski definition) is 0. The molecule has 0 aliphatic rings. The van der Waals surface area contributed by atoms with Crippen molar-refractivity contribution in [2.24, 2.45) is 0 Å². The van der Waals surface area contributed by atoms with Crippen LogP contribution in [0, 0.1) is 11.3 Å². The van der Waals surface area contributed by atoms with Crippen LogP contribution in [0.5, 0.6) is 0 Å². The Balaban J connectivity index is 2.94. The van der Waals surface area contributed by atoms with Crippen molar-refractivity contribution < 1.29 is 0 Å². The quantitative estimate of drug-likeness (QED) is 0.713. The van der Waals surface area contributed by atoms with Crippen LogP contribution in [0.1, 0.15) is 5.56 Å². The molecule has 2 nitrogen and oxygen atoms in total. The van der Waals surface area contributed by atoms with Gasteiger partial charge in [0.1, 0.15) is 6.07 Å². The predicted molar refractivity (Wildman–Crippen MR) is 61.5 cm³/mol. The molecule has 5 heteroatoms. The zero-order valence-corrected chi connectivity index (χ0v) is 9.53. The minimum atomic E-state index is 0.308. The van der Waals surface area contributed by atoms with Crippen LogP contribution in [-0.4, -0.2) is 4.98 Å². The molecule has 1 heterocycles. The van der Waals surface area contributed by atoms with Gasteiger partial charge in [-0.15, -0.1) is 0 Å². The van der Waals surface area contributed by atoms with Crippen LogP contribution in [0.3, 0.4) is 0 Å². The Morgan fingerprint density at radius 3 is 2.60 bits per heavy atom. The fourth-order valence-corrected chi connectivity index (χ4v) is 2.05. The molecule has 0 N–H and O–H groups in total. The van der Waals surface area contributed by atoms with Gasteiger partial charge in [0.15, 0.2) is 0 Å². The van der Waals surface area contributed by atoms with Crippen molar-refractivity contribution in [2.45, 2.75) is 0 Å². The van der Waals surface area contributed by atoms with Crippen LogP contribution >= 0.6 is 34.8 Å². The van der Waals surface area contributed by atoms with Crippen LogP contribution < -0.4 is 0 Å². The summed E-state index contributed by atoms with van der Waals surface area (Å²) in [5.74, 6) is 0. The Bertz CT molecular complexity index is 587. The van der Waals surface area contributed by atoms with Crippen LogP contribution in [0.2, 0.25) is 15.1 Å². The third-order valence-corrected chi connectivity index (χ3v) is 2.86. The van der Waals surface area contributed by atoms with Gasteiger partial charge in [-0.3, -0.25) is 4.98 Å². The van der Waals surface area contributed by atoms with Gasteiger partial charge < -0.3 is 0 Å². The third kappa shape index (κ3) is 1.74. The number of hydrogen-bond acceptors (Lipinski definition) is 2. The normalized spacial score (nSPS) is 10.3. The highest BCUT2D eigenvalue weighted by molar-refractivity contribution is 6.41. The van der Waals surface area contributed by atoms with E-state index in [1.165, 1.54) is 6.20 Å². The SMILES string of the molecule is N#Cc1cnc2c(Cl)cc(Cl)cc2c1Cl. The number of rotatable bonds is 0. The Labute approximate surface area is 101 Å². The molecule has 0 aliphatic carbocycles. The molecule has 1 aromatic heterocycles. The van der Waals surface area contributed by atoms with Gasteiger partial charge in [-0.25, -0.2) is 0 Å². The third-order valence-electron chi connectivity index (χ3n) is 1.94. The molecule has 1 aromatic carbocycles. The zero-order valence-electron chi connectivity index (χ0n) is 7.26. The summed E-state index contributed by atoms with van der Waals surface area (Å²) in [5.41, 5.74) is 0.854. The van der Waals surface area contributed by atoms with Gasteiger partial charge in [-0.1, -0.05) is 34.8 Å². The van der Waals surface area contributed by atoms with Crippen LogP contribution in [-0.2, 0) is 0 Å². The second-order valence-electron chi connectivity index (χ2n) is 2.88. The molecule has 0 aliphatic heterocycles. The minimum Gasteiger partial charge on any atom is -0.253 e. The average molecular weight is 258 g/mol. The lowest BCUT2D eigenvalue weighted by molar-refractivity contribution is 1.37. The van der Waals surface area contributed by atoms with Gasteiger partial charge in [0.05, 0.1) is 21.1 Å². The van der Waals surface area contributed by atoms with Gasteiger partial charge in [0.25, 0.3) is 0 Å². The van der Waals surface area contributed by atoms with Crippen molar-refractivity contribution in [1.82, 2.24) is 4.98 Å². The molecule has 0 radical (unpaired) electrons. The summed E-state index contributed by atoms with van der Waals surface area (Å²) in [6, 6.07) is 5.17. The van der Waals surface area contributed by atoms with Gasteiger partial charge >= 0.3 is 0 Å². The standard InChI is InChI=1S/C10H3Cl3N2/c11-6-1-7-9(13)5(3-14)4-15-10(7)8(12)2-6/h1-2,4H. The predicted octanol–water partition coefficient (Wildman–Crippen LogP) is 4.07. The molecule has 0 fully saturated rings. The van der Waals surface area contributed by atoms with E-state index in [-0.39, 0.29) is 0 Å². The van der Waals surface area contributed by atoms with Gasteiger partial charge in [-0.05, 0) is 12.1 Å². The maximum atomic E-state index is 8.78. The minimum absolute atomic E-state index is 0.308. The second-order valence-corrected chi connectivity index (χ2v) is 4.10. The molecular formula is C10H3Cl3N2. The number of aromatic nitrogens is 1. The highest BCUT2D eigenvalue weighted by atomic mass is 35.5. The van der Waals surface area contributed by atoms with Crippen molar-refractivity contribution in [3.63, 3.8) is 0 Å². The van der Waals surface area contributed by atoms with E-state index in [1.54, 1.807) is 12.1 Å². The summed E-state index contributed by atoms with van der Waals surface area (Å²) in [7, 11) is 0. The molecule has 0 unspecified atom stereocenters. The maximum Gasteiger partial charge on any atom is 0.102 e. The first-order valence-corrected chi connectivity index (χ1v) is 5.10. The van der Waals surface area contributed by atoms with Gasteiger partial charge in [-0.2, -0.15) is 5.26 Å². The van der Waals surface area contributed by atoms with E-state index in [0.29, 0.717) is 31.5 Å². The van der Waals surface area contributed by atoms with Crippen LogP contribution in [0.25, 0.3) is 10.9 Å². The van der Waals surface area contributed by atoms with E-state index < -0.39 is 0 Å². The summed E-state index contributed by atoms with van der Waals surface area (Å²) < 4.78 is 0. The number of benzene rings is 1. The molecule has 15 heavy (non-hydrogen) atoms. The van der Waals surface area contributed by atoms with Crippen LogP contribution in [0.15, 0.2) is 18.3 Å². The summed E-state index contributed by atoms with van der Waals surface area (Å²) in [6.07, 6.45) is 1.39. The topological polar surface area (TPSA) is 36.7 Å². The zero-order chi connectivity index (χ0) is 11.0. The maximum absolute atomic E-state index is 8.78. The van der Waals surface area contributed by atoms with Gasteiger partial charge in [0.2, 0.25) is 0 Å². The first kappa shape index (κ1) is 10.5. The van der Waals surface area contributed by atoms with E-state index in [0.717, 1.165) is 0 Å². The number of nitriles is 1. The van der Waals surface area contributed by atoms with Crippen molar-refractivity contribution in [2.75, 3.05) is 0 Å². The summed E-state index contributed by atoms with van der Waals surface area (Å²) in [6.45, 7) is 0. The largest absolute Gasteiger partial charge is 0.253 e. The lowest BCUT2D eigenvalue weighted by Gasteiger charge is -2.03. The van der Waals surface area contributed by atoms with E-state index in [9.17, 15) is 0 Å². The van der Waals surface area contributed by atoms with Gasteiger partial charge in [0, 0.05) is 16.6 Å². The lowest BCUT2D eigenvalue weighted by atomic mass is 10.2. The van der Waals surface area contributed by atoms with Crippen molar-refractivity contribution >= 4 is 45.7 Å². The monoisotopic (exact) mass is 256 g/mol. The first-order valence-electron chi connectivity index (χ1n) is 3.97. The van der Waals surface area contributed by atoms with Crippen molar-refractivity contribution in [3.05, 3.63) is 39.0 Å². The molecule has 0 amide bonds. The lowest BCUT2D eigenvalue weighted by Crippen LogP contribution is -1.86. The molecular weight excluding hydrogens is 254 g/mol. The Morgan fingerprint density at radius 2 is 1.93 bits per heavy atom. The average Bonchev–Trinajstić information content (AvgIpc) is 2.19. The van der Waals surface area contributed by atoms with Crippen LogP contribution in [0.4, 0.5) is 0 Å². The second kappa shape index (κ2) is 3.86. The molecule has 2 rings (SSSR count). The van der Waals surface area contributed by atoms with E-state index in [2.05, 4.69) is 4.98 Å². The van der Waals surface area contributed by atoms with Crippen molar-refractivity contribution in [3.8, 4) is 6.07 Å². The fraction of sp³-hybridized carbons (Fsp3) is 0. The number of pyridine rings is 1. The number of halogens is 3. The Hall–Kier alpha value is -1.01. The molecule has 0 spiro atoms. The number of fused-ring (bicyclic) bond motifs is 1. The molecule has 2 aromatic rings. The van der Waals surface area contributed by atoms with E-state index in [4.69, 9.17) is 40.1 Å². The van der Waals surface area contributed by atoms with E-state index in [1.807, 2.05) is 6.07 Å². The summed E-state index contributed by atoms with van der Waals surface area (Å²) >= 11 is 17.8. The molecule has 0 bridgehead atoms. The van der Waals surface area contributed by atoms with E-state index >= 15 is 0 Å². The van der Waals surface area contributed by atoms with Crippen molar-refractivity contribution in [1.29, 1.82) is 5.26 Å². The highest BCUT2D eigenvalue weighted by Crippen LogP contribution is 2.32. The summed E-state index contributed by atoms with van der Waals surface area (Å²) in [5, 5.41) is 10.6. The molecule has 0 saturated heterocycles. The highest BCUT2D eigenvalue weighted by Gasteiger charge is 2.09. The summed E-state index contributed by atoms with van der Waals surface area (Å²) in [4.78, 5) is 4.06.